The molecule has 2 nitrogen and oxygen atoms in total. The van der Waals surface area contributed by atoms with Gasteiger partial charge in [-0.15, -0.1) is 11.3 Å². The molecule has 1 heterocycles. The van der Waals surface area contributed by atoms with Crippen LogP contribution in [0.25, 0.3) is 0 Å². The van der Waals surface area contributed by atoms with Gasteiger partial charge in [-0.05, 0) is 25.3 Å². The summed E-state index contributed by atoms with van der Waals surface area (Å²) >= 11 is 1.91. The lowest BCUT2D eigenvalue weighted by Crippen LogP contribution is -2.06. The summed E-state index contributed by atoms with van der Waals surface area (Å²) in [7, 11) is 2.00. The number of nitrogens with one attached hydrogen (secondary N) is 1. The highest BCUT2D eigenvalue weighted by Crippen LogP contribution is 2.49. The zero-order valence-electron chi connectivity index (χ0n) is 10.0. The molecule has 2 rings (SSSR count). The van der Waals surface area contributed by atoms with Gasteiger partial charge in [0.2, 0.25) is 0 Å². The third-order valence-electron chi connectivity index (χ3n) is 3.05. The van der Waals surface area contributed by atoms with Gasteiger partial charge in [0.15, 0.2) is 0 Å². The van der Waals surface area contributed by atoms with E-state index < -0.39 is 0 Å². The maximum Gasteiger partial charge on any atom is 0.0965 e. The molecule has 1 saturated carbocycles. The Balaban J connectivity index is 2.23. The number of hydrogen-bond acceptors (Lipinski definition) is 3. The number of rotatable bonds is 4. The molecule has 1 aromatic rings. The second kappa shape index (κ2) is 4.22. The van der Waals surface area contributed by atoms with Crippen LogP contribution in [-0.4, -0.2) is 12.0 Å². The summed E-state index contributed by atoms with van der Waals surface area (Å²) in [6.07, 6.45) is 1.34. The molecule has 0 amide bonds. The third-order valence-corrected chi connectivity index (χ3v) is 4.26. The minimum absolute atomic E-state index is 0.549. The average molecular weight is 224 g/mol. The van der Waals surface area contributed by atoms with Crippen LogP contribution in [0.1, 0.15) is 54.6 Å². The summed E-state index contributed by atoms with van der Waals surface area (Å²) < 4.78 is 0. The maximum absolute atomic E-state index is 4.82. The molecule has 3 heteroatoms. The lowest BCUT2D eigenvalue weighted by atomic mass is 10.1. The first kappa shape index (κ1) is 11.1. The lowest BCUT2D eigenvalue weighted by Gasteiger charge is -2.03. The highest BCUT2D eigenvalue weighted by atomic mass is 32.1. The van der Waals surface area contributed by atoms with Crippen molar-refractivity contribution in [1.29, 1.82) is 0 Å². The first-order valence-electron chi connectivity index (χ1n) is 5.77. The van der Waals surface area contributed by atoms with Crippen LogP contribution in [0.15, 0.2) is 0 Å². The smallest absolute Gasteiger partial charge is 0.0965 e. The van der Waals surface area contributed by atoms with Crippen molar-refractivity contribution in [3.8, 4) is 0 Å². The van der Waals surface area contributed by atoms with E-state index in [1.54, 1.807) is 0 Å². The molecule has 1 aromatic heterocycles. The van der Waals surface area contributed by atoms with E-state index >= 15 is 0 Å². The van der Waals surface area contributed by atoms with Gasteiger partial charge in [0.1, 0.15) is 0 Å². The maximum atomic E-state index is 4.82. The van der Waals surface area contributed by atoms with E-state index in [0.717, 1.165) is 18.4 Å². The van der Waals surface area contributed by atoms with Gasteiger partial charge in [-0.3, -0.25) is 0 Å². The molecule has 0 aliphatic heterocycles. The van der Waals surface area contributed by atoms with E-state index in [4.69, 9.17) is 4.98 Å². The van der Waals surface area contributed by atoms with Gasteiger partial charge in [0.25, 0.3) is 0 Å². The molecular formula is C12H20N2S. The molecule has 0 aromatic carbocycles. The molecule has 2 atom stereocenters. The molecule has 0 spiro atoms. The predicted molar refractivity (Wildman–Crippen MR) is 65.5 cm³/mol. The molecule has 2 unspecified atom stereocenters. The normalized spacial score (nSPS) is 24.9. The summed E-state index contributed by atoms with van der Waals surface area (Å²) in [6.45, 7) is 7.74. The molecule has 0 radical (unpaired) electrons. The minimum Gasteiger partial charge on any atom is -0.315 e. The fourth-order valence-corrected chi connectivity index (χ4v) is 3.42. The molecule has 1 fully saturated rings. The fourth-order valence-electron chi connectivity index (χ4n) is 1.95. The van der Waals surface area contributed by atoms with Gasteiger partial charge in [-0.2, -0.15) is 0 Å². The molecule has 15 heavy (non-hydrogen) atoms. The lowest BCUT2D eigenvalue weighted by molar-refractivity contribution is 0.765. The van der Waals surface area contributed by atoms with Crippen molar-refractivity contribution in [2.75, 3.05) is 7.05 Å². The van der Waals surface area contributed by atoms with Gasteiger partial charge >= 0.3 is 0 Å². The molecule has 1 N–H and O–H groups in total. The number of hydrogen-bond donors (Lipinski definition) is 1. The Morgan fingerprint density at radius 1 is 1.53 bits per heavy atom. The number of aromatic nitrogens is 1. The first-order chi connectivity index (χ1) is 7.13. The van der Waals surface area contributed by atoms with Gasteiger partial charge in [0, 0.05) is 17.3 Å². The van der Waals surface area contributed by atoms with Crippen molar-refractivity contribution in [1.82, 2.24) is 10.3 Å². The van der Waals surface area contributed by atoms with Gasteiger partial charge in [-0.25, -0.2) is 4.98 Å². The van der Waals surface area contributed by atoms with E-state index in [1.165, 1.54) is 22.0 Å². The van der Waals surface area contributed by atoms with Crippen LogP contribution >= 0.6 is 11.3 Å². The minimum atomic E-state index is 0.549. The quantitative estimate of drug-likeness (QED) is 0.850. The standard InChI is InChI=1S/C12H20N2S/c1-7(2)11-10(6-13-4)15-12(14-11)9-5-8(9)3/h7-9,13H,5-6H2,1-4H3. The van der Waals surface area contributed by atoms with E-state index in [9.17, 15) is 0 Å². The van der Waals surface area contributed by atoms with E-state index in [1.807, 2.05) is 18.4 Å². The summed E-state index contributed by atoms with van der Waals surface area (Å²) in [6, 6.07) is 0. The van der Waals surface area contributed by atoms with Crippen molar-refractivity contribution in [3.05, 3.63) is 15.6 Å². The molecule has 0 saturated heterocycles. The Bertz CT molecular complexity index is 343. The summed E-state index contributed by atoms with van der Waals surface area (Å²) in [5.41, 5.74) is 1.31. The second-order valence-corrected chi connectivity index (χ2v) is 5.98. The Morgan fingerprint density at radius 2 is 2.20 bits per heavy atom. The third kappa shape index (κ3) is 2.23. The predicted octanol–water partition coefficient (Wildman–Crippen LogP) is 3.11. The Morgan fingerprint density at radius 3 is 2.67 bits per heavy atom. The second-order valence-electron chi connectivity index (χ2n) is 4.87. The summed E-state index contributed by atoms with van der Waals surface area (Å²) in [5.74, 6) is 2.17. The molecule has 1 aliphatic rings. The van der Waals surface area contributed by atoms with Gasteiger partial charge < -0.3 is 5.32 Å². The zero-order chi connectivity index (χ0) is 11.0. The van der Waals surface area contributed by atoms with Crippen molar-refractivity contribution in [2.24, 2.45) is 5.92 Å². The summed E-state index contributed by atoms with van der Waals surface area (Å²) in [5, 5.41) is 4.61. The first-order valence-corrected chi connectivity index (χ1v) is 6.59. The Labute approximate surface area is 96.1 Å². The van der Waals surface area contributed by atoms with Crippen LogP contribution in [0.5, 0.6) is 0 Å². The molecule has 84 valence electrons. The van der Waals surface area contributed by atoms with Crippen molar-refractivity contribution < 1.29 is 0 Å². The largest absolute Gasteiger partial charge is 0.315 e. The fraction of sp³-hybridized carbons (Fsp3) is 0.750. The van der Waals surface area contributed by atoms with Crippen LogP contribution in [0.2, 0.25) is 0 Å². The van der Waals surface area contributed by atoms with Gasteiger partial charge in [0.05, 0.1) is 10.7 Å². The van der Waals surface area contributed by atoms with Crippen molar-refractivity contribution >= 4 is 11.3 Å². The molecular weight excluding hydrogens is 204 g/mol. The van der Waals surface area contributed by atoms with Gasteiger partial charge in [-0.1, -0.05) is 20.8 Å². The highest BCUT2D eigenvalue weighted by molar-refractivity contribution is 7.11. The molecule has 1 aliphatic carbocycles. The van der Waals surface area contributed by atoms with Crippen molar-refractivity contribution in [3.63, 3.8) is 0 Å². The molecule has 0 bridgehead atoms. The Kier molecular flexibility index (Phi) is 3.12. The van der Waals surface area contributed by atoms with Crippen LogP contribution < -0.4 is 5.32 Å². The van der Waals surface area contributed by atoms with Crippen LogP contribution in [0.4, 0.5) is 0 Å². The van der Waals surface area contributed by atoms with E-state index in [-0.39, 0.29) is 0 Å². The average Bonchev–Trinajstić information content (AvgIpc) is 2.76. The van der Waals surface area contributed by atoms with Crippen LogP contribution in [0, 0.1) is 5.92 Å². The van der Waals surface area contributed by atoms with E-state index in [0.29, 0.717) is 5.92 Å². The van der Waals surface area contributed by atoms with E-state index in [2.05, 4.69) is 26.1 Å². The number of thiazole rings is 1. The van der Waals surface area contributed by atoms with Crippen LogP contribution in [-0.2, 0) is 6.54 Å². The summed E-state index contributed by atoms with van der Waals surface area (Å²) in [4.78, 5) is 6.25. The van der Waals surface area contributed by atoms with Crippen molar-refractivity contribution in [2.45, 2.75) is 45.6 Å². The monoisotopic (exact) mass is 224 g/mol. The SMILES string of the molecule is CNCc1sc(C2CC2C)nc1C(C)C. The Hall–Kier alpha value is -0.410. The van der Waals surface area contributed by atoms with Crippen LogP contribution in [0.3, 0.4) is 0 Å². The zero-order valence-corrected chi connectivity index (χ0v) is 10.8. The highest BCUT2D eigenvalue weighted by Gasteiger charge is 2.37. The number of nitrogens with zero attached hydrogens (tertiary/aromatic N) is 1. The topological polar surface area (TPSA) is 24.9 Å².